The molecule has 0 N–H and O–H groups in total. The van der Waals surface area contributed by atoms with Gasteiger partial charge in [-0.25, -0.2) is 4.79 Å². The predicted molar refractivity (Wildman–Crippen MR) is 104 cm³/mol. The zero-order valence-electron chi connectivity index (χ0n) is 13.8. The zero-order chi connectivity index (χ0) is 18.0. The molecule has 0 aliphatic carbocycles. The van der Waals surface area contributed by atoms with Crippen LogP contribution in [0.15, 0.2) is 36.4 Å². The van der Waals surface area contributed by atoms with Crippen LogP contribution in [0.2, 0.25) is 10.0 Å². The summed E-state index contributed by atoms with van der Waals surface area (Å²) < 4.78 is 11.2. The molecule has 0 saturated heterocycles. The van der Waals surface area contributed by atoms with Crippen LogP contribution in [0.25, 0.3) is 20.5 Å². The molecule has 3 rings (SSSR count). The number of ether oxygens (including phenoxy) is 2. The van der Waals surface area contributed by atoms with Gasteiger partial charge in [0.05, 0.1) is 16.3 Å². The van der Waals surface area contributed by atoms with E-state index >= 15 is 0 Å². The highest BCUT2D eigenvalue weighted by molar-refractivity contribution is 7.23. The molecule has 0 fully saturated rings. The molecule has 2 aromatic carbocycles. The molecule has 0 unspecified atom stereocenters. The number of halogens is 2. The Hall–Kier alpha value is -1.75. The van der Waals surface area contributed by atoms with Gasteiger partial charge in [0.2, 0.25) is 0 Å². The van der Waals surface area contributed by atoms with E-state index in [0.29, 0.717) is 22.4 Å². The van der Waals surface area contributed by atoms with Crippen LogP contribution in [0.5, 0.6) is 5.75 Å². The second kappa shape index (κ2) is 7.65. The van der Waals surface area contributed by atoms with Crippen molar-refractivity contribution in [1.82, 2.24) is 0 Å². The van der Waals surface area contributed by atoms with Crippen LogP contribution in [0, 0.1) is 6.92 Å². The molecule has 0 radical (unpaired) electrons. The SMILES string of the molecule is CCOC(=O)COc1cc2cc(-c3ccccc3C)sc2c(Cl)c1Cl. The topological polar surface area (TPSA) is 35.5 Å². The summed E-state index contributed by atoms with van der Waals surface area (Å²) in [7, 11) is 0. The normalized spacial score (nSPS) is 10.9. The number of rotatable bonds is 5. The van der Waals surface area contributed by atoms with E-state index in [-0.39, 0.29) is 6.61 Å². The molecule has 0 aliphatic rings. The third kappa shape index (κ3) is 3.76. The predicted octanol–water partition coefficient (Wildman–Crippen LogP) is 6.13. The molecule has 3 nitrogen and oxygen atoms in total. The Kier molecular flexibility index (Phi) is 5.52. The van der Waals surface area contributed by atoms with E-state index in [2.05, 4.69) is 25.1 Å². The highest BCUT2D eigenvalue weighted by Gasteiger charge is 2.16. The maximum absolute atomic E-state index is 11.5. The minimum Gasteiger partial charge on any atom is -0.480 e. The molecule has 130 valence electrons. The number of hydrogen-bond acceptors (Lipinski definition) is 4. The van der Waals surface area contributed by atoms with Crippen molar-refractivity contribution in [3.63, 3.8) is 0 Å². The van der Waals surface area contributed by atoms with E-state index in [4.69, 9.17) is 32.7 Å². The van der Waals surface area contributed by atoms with Crippen LogP contribution < -0.4 is 4.74 Å². The van der Waals surface area contributed by atoms with Gasteiger partial charge in [-0.05, 0) is 42.5 Å². The Morgan fingerprint density at radius 2 is 1.92 bits per heavy atom. The number of esters is 1. The lowest BCUT2D eigenvalue weighted by atomic mass is 10.1. The Morgan fingerprint density at radius 3 is 2.64 bits per heavy atom. The van der Waals surface area contributed by atoms with E-state index in [1.807, 2.05) is 12.1 Å². The number of carbonyl (C=O) groups excluding carboxylic acids is 1. The average Bonchev–Trinajstić information content (AvgIpc) is 3.01. The molecule has 0 atom stereocenters. The van der Waals surface area contributed by atoms with E-state index in [9.17, 15) is 4.79 Å². The maximum Gasteiger partial charge on any atom is 0.344 e. The number of carbonyl (C=O) groups is 1. The highest BCUT2D eigenvalue weighted by Crippen LogP contribution is 2.45. The minimum absolute atomic E-state index is 0.204. The molecule has 1 aromatic heterocycles. The summed E-state index contributed by atoms with van der Waals surface area (Å²) in [5, 5.41) is 1.66. The molecular weight excluding hydrogens is 379 g/mol. The average molecular weight is 395 g/mol. The van der Waals surface area contributed by atoms with Crippen molar-refractivity contribution in [2.45, 2.75) is 13.8 Å². The van der Waals surface area contributed by atoms with Crippen molar-refractivity contribution < 1.29 is 14.3 Å². The molecule has 0 amide bonds. The van der Waals surface area contributed by atoms with Gasteiger partial charge in [-0.1, -0.05) is 47.5 Å². The van der Waals surface area contributed by atoms with Gasteiger partial charge in [0.1, 0.15) is 10.8 Å². The van der Waals surface area contributed by atoms with Gasteiger partial charge < -0.3 is 9.47 Å². The van der Waals surface area contributed by atoms with Gasteiger partial charge in [0.25, 0.3) is 0 Å². The fraction of sp³-hybridized carbons (Fsp3) is 0.211. The molecular formula is C19H16Cl2O3S. The van der Waals surface area contributed by atoms with Crippen LogP contribution in [-0.2, 0) is 9.53 Å². The summed E-state index contributed by atoms with van der Waals surface area (Å²) in [6.45, 7) is 3.92. The fourth-order valence-electron chi connectivity index (χ4n) is 2.52. The first-order valence-electron chi connectivity index (χ1n) is 7.77. The van der Waals surface area contributed by atoms with Crippen LogP contribution >= 0.6 is 34.5 Å². The second-order valence-corrected chi connectivity index (χ2v) is 7.25. The van der Waals surface area contributed by atoms with Gasteiger partial charge in [0, 0.05) is 4.88 Å². The first-order valence-corrected chi connectivity index (χ1v) is 9.34. The Balaban J connectivity index is 1.98. The van der Waals surface area contributed by atoms with Crippen molar-refractivity contribution in [2.24, 2.45) is 0 Å². The van der Waals surface area contributed by atoms with E-state index in [1.165, 1.54) is 5.56 Å². The summed E-state index contributed by atoms with van der Waals surface area (Å²) in [4.78, 5) is 12.6. The third-order valence-electron chi connectivity index (χ3n) is 3.72. The molecule has 1 heterocycles. The molecule has 25 heavy (non-hydrogen) atoms. The van der Waals surface area contributed by atoms with E-state index in [1.54, 1.807) is 24.3 Å². The maximum atomic E-state index is 11.5. The standard InChI is InChI=1S/C19H16Cl2O3S/c1-3-23-16(22)10-24-14-8-12-9-15(13-7-5-4-6-11(13)2)25-19(12)18(21)17(14)20/h4-9H,3,10H2,1-2H3. The van der Waals surface area contributed by atoms with Crippen LogP contribution in [0.1, 0.15) is 12.5 Å². The third-order valence-corrected chi connectivity index (χ3v) is 5.88. The second-order valence-electron chi connectivity index (χ2n) is 5.44. The summed E-state index contributed by atoms with van der Waals surface area (Å²) in [6.07, 6.45) is 0. The molecule has 0 aliphatic heterocycles. The Bertz CT molecular complexity index is 934. The monoisotopic (exact) mass is 394 g/mol. The molecule has 0 bridgehead atoms. The van der Waals surface area contributed by atoms with Crippen LogP contribution in [0.4, 0.5) is 0 Å². The first kappa shape index (κ1) is 18.1. The van der Waals surface area contributed by atoms with Gasteiger partial charge in [0.15, 0.2) is 6.61 Å². The zero-order valence-corrected chi connectivity index (χ0v) is 16.1. The van der Waals surface area contributed by atoms with Gasteiger partial charge in [-0.2, -0.15) is 0 Å². The Morgan fingerprint density at radius 1 is 1.16 bits per heavy atom. The molecule has 0 spiro atoms. The number of fused-ring (bicyclic) bond motifs is 1. The first-order chi connectivity index (χ1) is 12.0. The Labute approximate surface area is 160 Å². The summed E-state index contributed by atoms with van der Waals surface area (Å²) in [5.41, 5.74) is 2.35. The van der Waals surface area contributed by atoms with Crippen molar-refractivity contribution in [2.75, 3.05) is 13.2 Å². The minimum atomic E-state index is -0.444. The summed E-state index contributed by atoms with van der Waals surface area (Å²) >= 11 is 14.3. The van der Waals surface area contributed by atoms with Crippen LogP contribution in [0.3, 0.4) is 0 Å². The van der Waals surface area contributed by atoms with Crippen molar-refractivity contribution in [3.8, 4) is 16.2 Å². The highest BCUT2D eigenvalue weighted by atomic mass is 35.5. The molecule has 6 heteroatoms. The van der Waals surface area contributed by atoms with Gasteiger partial charge >= 0.3 is 5.97 Å². The largest absolute Gasteiger partial charge is 0.480 e. The van der Waals surface area contributed by atoms with Crippen LogP contribution in [-0.4, -0.2) is 19.2 Å². The number of benzene rings is 2. The quantitative estimate of drug-likeness (QED) is 0.488. The fourth-order valence-corrected chi connectivity index (χ4v) is 4.27. The lowest BCUT2D eigenvalue weighted by Gasteiger charge is -2.09. The van der Waals surface area contributed by atoms with Gasteiger partial charge in [-0.3, -0.25) is 0 Å². The number of aryl methyl sites for hydroxylation is 1. The summed E-state index contributed by atoms with van der Waals surface area (Å²) in [5.74, 6) is -0.0675. The molecule has 3 aromatic rings. The van der Waals surface area contributed by atoms with Gasteiger partial charge in [-0.15, -0.1) is 11.3 Å². The number of hydrogen-bond donors (Lipinski definition) is 0. The molecule has 0 saturated carbocycles. The number of thiophene rings is 1. The lowest BCUT2D eigenvalue weighted by molar-refractivity contribution is -0.145. The smallest absolute Gasteiger partial charge is 0.344 e. The van der Waals surface area contributed by atoms with E-state index < -0.39 is 5.97 Å². The summed E-state index contributed by atoms with van der Waals surface area (Å²) in [6, 6.07) is 12.0. The van der Waals surface area contributed by atoms with Crippen molar-refractivity contribution >= 4 is 50.6 Å². The lowest BCUT2D eigenvalue weighted by Crippen LogP contribution is -2.14. The van der Waals surface area contributed by atoms with Crippen molar-refractivity contribution in [3.05, 3.63) is 52.0 Å². The van der Waals surface area contributed by atoms with E-state index in [0.717, 1.165) is 20.5 Å². The van der Waals surface area contributed by atoms with Crippen molar-refractivity contribution in [1.29, 1.82) is 0 Å².